The van der Waals surface area contributed by atoms with Gasteiger partial charge in [-0.05, 0) is 44.7 Å². The molecule has 5 rings (SSSR count). The summed E-state index contributed by atoms with van der Waals surface area (Å²) in [5, 5.41) is 8.24. The minimum absolute atomic E-state index is 0.677. The largest absolute Gasteiger partial charge is 0.451 e. The highest BCUT2D eigenvalue weighted by atomic mass is 16.5. The van der Waals surface area contributed by atoms with Gasteiger partial charge in [-0.1, -0.05) is 30.4 Å². The van der Waals surface area contributed by atoms with Crippen LogP contribution in [0.3, 0.4) is 0 Å². The topological polar surface area (TPSA) is 80.1 Å². The van der Waals surface area contributed by atoms with Gasteiger partial charge < -0.3 is 14.1 Å². The first-order valence-corrected chi connectivity index (χ1v) is 11.6. The van der Waals surface area contributed by atoms with E-state index in [1.54, 1.807) is 0 Å². The normalized spacial score (nSPS) is 15.3. The molecule has 7 heteroatoms. The van der Waals surface area contributed by atoms with Crippen molar-refractivity contribution < 1.29 is 9.15 Å². The van der Waals surface area contributed by atoms with Crippen molar-refractivity contribution >= 4 is 33.4 Å². The third-order valence-corrected chi connectivity index (χ3v) is 6.04. The van der Waals surface area contributed by atoms with Crippen LogP contribution in [0.5, 0.6) is 0 Å². The Hall–Kier alpha value is -3.45. The number of hydrogen-bond acceptors (Lipinski definition) is 6. The number of morpholine rings is 1. The minimum Gasteiger partial charge on any atom is -0.451 e. The molecule has 0 aliphatic carbocycles. The maximum atomic E-state index is 6.35. The predicted octanol–water partition coefficient (Wildman–Crippen LogP) is 5.75. The highest BCUT2D eigenvalue weighted by Crippen LogP contribution is 2.34. The van der Waals surface area contributed by atoms with E-state index >= 15 is 0 Å². The summed E-state index contributed by atoms with van der Waals surface area (Å²) in [6, 6.07) is 8.09. The van der Waals surface area contributed by atoms with E-state index < -0.39 is 0 Å². The maximum Gasteiger partial charge on any atom is 0.195 e. The third kappa shape index (κ3) is 4.41. The zero-order chi connectivity index (χ0) is 22.6. The number of ether oxygens (including phenoxy) is 1. The zero-order valence-electron chi connectivity index (χ0n) is 19.2. The highest BCUT2D eigenvalue weighted by molar-refractivity contribution is 5.95. The fraction of sp³-hybridized carbons (Fsp3) is 0.346. The third-order valence-electron chi connectivity index (χ3n) is 6.04. The lowest BCUT2D eigenvalue weighted by atomic mass is 10.1. The molecular formula is C26H29N5O2. The second-order valence-corrected chi connectivity index (χ2v) is 8.32. The summed E-state index contributed by atoms with van der Waals surface area (Å²) in [6.07, 6.45) is 11.6. The molecular weight excluding hydrogens is 414 g/mol. The standard InChI is InChI=1S/C26H29N5O2/c1-3-4-5-6-7-9-18(2)23-16-22-24(33-23)26(31-12-14-32-15-13-31)29-25(28-22)19-10-8-11-21-20(19)17-27-30-21/h3-4,8-11,16-17H,5-7,12-15H2,1-2H3,(H,27,30)/b4-3-,18-9+. The summed E-state index contributed by atoms with van der Waals surface area (Å²) in [5.41, 5.74) is 4.60. The first-order valence-electron chi connectivity index (χ1n) is 11.6. The van der Waals surface area contributed by atoms with Crippen molar-refractivity contribution in [3.05, 3.63) is 54.5 Å². The molecule has 0 amide bonds. The summed E-state index contributed by atoms with van der Waals surface area (Å²) in [5.74, 6) is 2.35. The molecule has 0 unspecified atom stereocenters. The van der Waals surface area contributed by atoms with Crippen molar-refractivity contribution in [3.8, 4) is 11.4 Å². The number of aromatic nitrogens is 4. The molecule has 1 aromatic carbocycles. The van der Waals surface area contributed by atoms with Crippen LogP contribution in [-0.2, 0) is 4.74 Å². The van der Waals surface area contributed by atoms with Gasteiger partial charge in [-0.15, -0.1) is 0 Å². The molecule has 4 aromatic rings. The molecule has 1 fully saturated rings. The number of allylic oxidation sites excluding steroid dienone is 4. The first kappa shape index (κ1) is 21.4. The second kappa shape index (κ2) is 9.58. The molecule has 1 aliphatic heterocycles. The molecule has 4 heterocycles. The fourth-order valence-corrected chi connectivity index (χ4v) is 4.20. The Morgan fingerprint density at radius 1 is 1.18 bits per heavy atom. The number of H-pyrrole nitrogens is 1. The monoisotopic (exact) mass is 443 g/mol. The van der Waals surface area contributed by atoms with Crippen LogP contribution in [-0.4, -0.2) is 46.5 Å². The SMILES string of the molecule is C/C=C\CCC/C=C(\C)c1cc2nc(-c3cccc4[nH]ncc34)nc(N3CCOCC3)c2o1. The quantitative estimate of drug-likeness (QED) is 0.289. The molecule has 0 spiro atoms. The number of hydrogen-bond donors (Lipinski definition) is 1. The number of nitrogens with one attached hydrogen (secondary N) is 1. The number of furan rings is 1. The van der Waals surface area contributed by atoms with Gasteiger partial charge in [0.2, 0.25) is 0 Å². The van der Waals surface area contributed by atoms with Gasteiger partial charge >= 0.3 is 0 Å². The Labute approximate surface area is 193 Å². The summed E-state index contributed by atoms with van der Waals surface area (Å²) in [4.78, 5) is 12.1. The van der Waals surface area contributed by atoms with Crippen LogP contribution in [0.15, 0.2) is 53.1 Å². The van der Waals surface area contributed by atoms with Gasteiger partial charge in [-0.2, -0.15) is 5.10 Å². The van der Waals surface area contributed by atoms with Crippen LogP contribution >= 0.6 is 0 Å². The molecule has 33 heavy (non-hydrogen) atoms. The lowest BCUT2D eigenvalue weighted by Gasteiger charge is -2.27. The van der Waals surface area contributed by atoms with Gasteiger partial charge in [0.15, 0.2) is 17.2 Å². The Morgan fingerprint density at radius 2 is 2.06 bits per heavy atom. The molecule has 0 atom stereocenters. The number of nitrogens with zero attached hydrogens (tertiary/aromatic N) is 4. The Kier molecular flexibility index (Phi) is 6.21. The Bertz CT molecular complexity index is 1310. The number of aromatic amines is 1. The zero-order valence-corrected chi connectivity index (χ0v) is 19.2. The van der Waals surface area contributed by atoms with Gasteiger partial charge in [-0.25, -0.2) is 9.97 Å². The van der Waals surface area contributed by atoms with Gasteiger partial charge in [0.05, 0.1) is 24.9 Å². The number of fused-ring (bicyclic) bond motifs is 2. The average Bonchev–Trinajstić information content (AvgIpc) is 3.51. The van der Waals surface area contributed by atoms with Crippen molar-refractivity contribution in [2.24, 2.45) is 0 Å². The van der Waals surface area contributed by atoms with Crippen LogP contribution in [0.25, 0.3) is 39.0 Å². The van der Waals surface area contributed by atoms with E-state index in [1.165, 1.54) is 0 Å². The lowest BCUT2D eigenvalue weighted by molar-refractivity contribution is 0.122. The lowest BCUT2D eigenvalue weighted by Crippen LogP contribution is -2.37. The molecule has 7 nitrogen and oxygen atoms in total. The number of benzene rings is 1. The number of unbranched alkanes of at least 4 members (excludes halogenated alkanes) is 2. The molecule has 3 aromatic heterocycles. The van der Waals surface area contributed by atoms with E-state index in [2.05, 4.69) is 47.2 Å². The molecule has 0 bridgehead atoms. The summed E-state index contributed by atoms with van der Waals surface area (Å²) in [6.45, 7) is 7.06. The summed E-state index contributed by atoms with van der Waals surface area (Å²) < 4.78 is 11.9. The van der Waals surface area contributed by atoms with E-state index in [-0.39, 0.29) is 0 Å². The molecule has 1 N–H and O–H groups in total. The molecule has 1 saturated heterocycles. The first-order chi connectivity index (χ1) is 16.2. The van der Waals surface area contributed by atoms with Crippen LogP contribution in [0.2, 0.25) is 0 Å². The minimum atomic E-state index is 0.677. The van der Waals surface area contributed by atoms with Crippen LogP contribution < -0.4 is 4.90 Å². The molecule has 0 saturated carbocycles. The smallest absolute Gasteiger partial charge is 0.195 e. The number of rotatable bonds is 7. The van der Waals surface area contributed by atoms with Crippen LogP contribution in [0, 0.1) is 0 Å². The Morgan fingerprint density at radius 3 is 2.91 bits per heavy atom. The maximum absolute atomic E-state index is 6.35. The van der Waals surface area contributed by atoms with Crippen molar-refractivity contribution in [2.75, 3.05) is 31.2 Å². The molecule has 0 radical (unpaired) electrons. The van der Waals surface area contributed by atoms with Crippen molar-refractivity contribution in [3.63, 3.8) is 0 Å². The van der Waals surface area contributed by atoms with Crippen LogP contribution in [0.1, 0.15) is 38.9 Å². The van der Waals surface area contributed by atoms with E-state index in [4.69, 9.17) is 19.1 Å². The van der Waals surface area contributed by atoms with Gasteiger partial charge in [0.1, 0.15) is 11.3 Å². The number of anilines is 1. The van der Waals surface area contributed by atoms with Crippen molar-refractivity contribution in [1.82, 2.24) is 20.2 Å². The Balaban J connectivity index is 1.57. The van der Waals surface area contributed by atoms with Gasteiger partial charge in [0, 0.05) is 30.1 Å². The van der Waals surface area contributed by atoms with E-state index in [9.17, 15) is 0 Å². The summed E-state index contributed by atoms with van der Waals surface area (Å²) in [7, 11) is 0. The second-order valence-electron chi connectivity index (χ2n) is 8.32. The van der Waals surface area contributed by atoms with Crippen molar-refractivity contribution in [1.29, 1.82) is 0 Å². The van der Waals surface area contributed by atoms with Gasteiger partial charge in [-0.3, -0.25) is 5.10 Å². The fourth-order valence-electron chi connectivity index (χ4n) is 4.20. The molecule has 1 aliphatic rings. The van der Waals surface area contributed by atoms with Crippen LogP contribution in [0.4, 0.5) is 5.82 Å². The average molecular weight is 444 g/mol. The predicted molar refractivity (Wildman–Crippen MR) is 132 cm³/mol. The molecule has 170 valence electrons. The van der Waals surface area contributed by atoms with Crippen molar-refractivity contribution in [2.45, 2.75) is 33.1 Å². The highest BCUT2D eigenvalue weighted by Gasteiger charge is 2.22. The van der Waals surface area contributed by atoms with E-state index in [1.807, 2.05) is 30.5 Å². The van der Waals surface area contributed by atoms with E-state index in [0.29, 0.717) is 19.0 Å². The van der Waals surface area contributed by atoms with E-state index in [0.717, 1.165) is 77.1 Å². The summed E-state index contributed by atoms with van der Waals surface area (Å²) >= 11 is 0. The van der Waals surface area contributed by atoms with Gasteiger partial charge in [0.25, 0.3) is 0 Å².